The van der Waals surface area contributed by atoms with Crippen LogP contribution in [0.4, 0.5) is 0 Å². The molecule has 0 unspecified atom stereocenters. The largest absolute Gasteiger partial charge is 0.478 e. The fraction of sp³-hybridized carbons (Fsp3) is 0.182. The summed E-state index contributed by atoms with van der Waals surface area (Å²) in [6.45, 7) is 0. The lowest BCUT2D eigenvalue weighted by Gasteiger charge is -2.10. The number of nitrogens with zero attached hydrogens (tertiary/aromatic N) is 2. The van der Waals surface area contributed by atoms with Gasteiger partial charge >= 0.3 is 5.97 Å². The number of hydrazine groups is 1. The third-order valence-electron chi connectivity index (χ3n) is 1.76. The monoisotopic (exact) mass is 235 g/mol. The van der Waals surface area contributed by atoms with E-state index >= 15 is 0 Å². The predicted octanol–water partition coefficient (Wildman–Crippen LogP) is 0.386. The highest BCUT2D eigenvalue weighted by molar-refractivity contribution is 5.92. The Morgan fingerprint density at radius 1 is 1.41 bits per heavy atom. The van der Waals surface area contributed by atoms with Crippen molar-refractivity contribution in [3.05, 3.63) is 35.7 Å². The minimum Gasteiger partial charge on any atom is -0.478 e. The summed E-state index contributed by atoms with van der Waals surface area (Å²) in [5.74, 6) is -1.34. The number of hydrogen-bond donors (Lipinski definition) is 2. The summed E-state index contributed by atoms with van der Waals surface area (Å²) >= 11 is 0. The molecule has 0 radical (unpaired) electrons. The molecule has 0 aliphatic rings. The second-order valence-corrected chi connectivity index (χ2v) is 3.48. The van der Waals surface area contributed by atoms with Crippen molar-refractivity contribution >= 4 is 18.0 Å². The number of carbonyl (C=O) groups excluding carboxylic acids is 1. The predicted molar refractivity (Wildman–Crippen MR) is 62.1 cm³/mol. The molecule has 0 fully saturated rings. The van der Waals surface area contributed by atoms with Crippen molar-refractivity contribution in [3.63, 3.8) is 0 Å². The average molecular weight is 235 g/mol. The van der Waals surface area contributed by atoms with Crippen LogP contribution in [0.15, 0.2) is 24.4 Å². The summed E-state index contributed by atoms with van der Waals surface area (Å²) in [6.07, 6.45) is 3.85. The number of rotatable bonds is 4. The maximum atomic E-state index is 11.5. The van der Waals surface area contributed by atoms with E-state index in [1.807, 2.05) is 0 Å². The van der Waals surface area contributed by atoms with Gasteiger partial charge in [0.05, 0.1) is 0 Å². The van der Waals surface area contributed by atoms with Crippen molar-refractivity contribution in [1.82, 2.24) is 15.4 Å². The lowest BCUT2D eigenvalue weighted by Crippen LogP contribution is -2.36. The molecule has 6 nitrogen and oxygen atoms in total. The van der Waals surface area contributed by atoms with Crippen molar-refractivity contribution in [2.24, 2.45) is 0 Å². The first-order valence-electron chi connectivity index (χ1n) is 4.84. The Labute approximate surface area is 98.5 Å². The van der Waals surface area contributed by atoms with Crippen LogP contribution in [0, 0.1) is 0 Å². The molecule has 0 saturated carbocycles. The first-order chi connectivity index (χ1) is 7.99. The summed E-state index contributed by atoms with van der Waals surface area (Å²) in [5, 5.41) is 9.96. The molecular formula is C11H13N3O3. The van der Waals surface area contributed by atoms with Crippen LogP contribution in [0.1, 0.15) is 16.1 Å². The lowest BCUT2D eigenvalue weighted by atomic mass is 10.2. The first kappa shape index (κ1) is 12.9. The highest BCUT2D eigenvalue weighted by atomic mass is 16.4. The second kappa shape index (κ2) is 5.76. The van der Waals surface area contributed by atoms with Gasteiger partial charge in [-0.2, -0.15) is 0 Å². The Morgan fingerprint density at radius 2 is 2.12 bits per heavy atom. The Kier molecular flexibility index (Phi) is 4.36. The van der Waals surface area contributed by atoms with E-state index in [2.05, 4.69) is 10.4 Å². The van der Waals surface area contributed by atoms with Gasteiger partial charge in [0.1, 0.15) is 5.69 Å². The van der Waals surface area contributed by atoms with Gasteiger partial charge in [-0.1, -0.05) is 6.07 Å². The standard InChI is InChI=1S/C11H13N3O3/c1-14(2)13-11(17)9-5-3-8(7-12-9)4-6-10(15)16/h3-7H,1-2H3,(H,13,17)(H,15,16)/b6-4+. The number of aromatic nitrogens is 1. The van der Waals surface area contributed by atoms with E-state index in [-0.39, 0.29) is 11.6 Å². The zero-order chi connectivity index (χ0) is 12.8. The second-order valence-electron chi connectivity index (χ2n) is 3.48. The molecule has 0 spiro atoms. The third kappa shape index (κ3) is 4.43. The number of hydrogen-bond acceptors (Lipinski definition) is 4. The van der Waals surface area contributed by atoms with Crippen LogP contribution in [0.3, 0.4) is 0 Å². The minimum atomic E-state index is -1.03. The van der Waals surface area contributed by atoms with Gasteiger partial charge in [-0.15, -0.1) is 0 Å². The number of amides is 1. The molecule has 6 heteroatoms. The maximum absolute atomic E-state index is 11.5. The van der Waals surface area contributed by atoms with Gasteiger partial charge in [-0.25, -0.2) is 9.80 Å². The molecule has 17 heavy (non-hydrogen) atoms. The van der Waals surface area contributed by atoms with Crippen LogP contribution < -0.4 is 5.43 Å². The van der Waals surface area contributed by atoms with Gasteiger partial charge in [-0.3, -0.25) is 15.2 Å². The number of carbonyl (C=O) groups is 2. The zero-order valence-corrected chi connectivity index (χ0v) is 9.54. The minimum absolute atomic E-state index is 0.270. The van der Waals surface area contributed by atoms with Crippen LogP contribution >= 0.6 is 0 Å². The molecule has 2 N–H and O–H groups in total. The van der Waals surface area contributed by atoms with Crippen molar-refractivity contribution in [2.75, 3.05) is 14.1 Å². The van der Waals surface area contributed by atoms with Crippen LogP contribution in [0.2, 0.25) is 0 Å². The van der Waals surface area contributed by atoms with Gasteiger partial charge in [0, 0.05) is 26.4 Å². The number of aliphatic carboxylic acids is 1. The summed E-state index contributed by atoms with van der Waals surface area (Å²) in [7, 11) is 3.39. The number of nitrogens with one attached hydrogen (secondary N) is 1. The maximum Gasteiger partial charge on any atom is 0.328 e. The molecule has 0 atom stereocenters. The molecule has 90 valence electrons. The van der Waals surface area contributed by atoms with Crippen molar-refractivity contribution in [2.45, 2.75) is 0 Å². The molecule has 0 aliphatic carbocycles. The molecular weight excluding hydrogens is 222 g/mol. The molecule has 0 aromatic carbocycles. The quantitative estimate of drug-likeness (QED) is 0.582. The van der Waals surface area contributed by atoms with Gasteiger partial charge in [0.2, 0.25) is 0 Å². The van der Waals surface area contributed by atoms with Crippen molar-refractivity contribution < 1.29 is 14.7 Å². The average Bonchev–Trinajstić information content (AvgIpc) is 2.26. The molecule has 0 bridgehead atoms. The molecule has 1 aromatic heterocycles. The van der Waals surface area contributed by atoms with Crippen LogP contribution in [0.5, 0.6) is 0 Å². The molecule has 1 heterocycles. The third-order valence-corrected chi connectivity index (χ3v) is 1.76. The Morgan fingerprint density at radius 3 is 2.59 bits per heavy atom. The SMILES string of the molecule is CN(C)NC(=O)c1ccc(/C=C/C(=O)O)cn1. The Bertz CT molecular complexity index is 438. The van der Waals surface area contributed by atoms with E-state index in [9.17, 15) is 9.59 Å². The van der Waals surface area contributed by atoms with Crippen molar-refractivity contribution in [3.8, 4) is 0 Å². The molecule has 1 aromatic rings. The summed E-state index contributed by atoms with van der Waals surface area (Å²) < 4.78 is 0. The van der Waals surface area contributed by atoms with E-state index in [1.165, 1.54) is 23.3 Å². The normalized spacial score (nSPS) is 10.8. The molecule has 1 amide bonds. The lowest BCUT2D eigenvalue weighted by molar-refractivity contribution is -0.131. The first-order valence-corrected chi connectivity index (χ1v) is 4.84. The van der Waals surface area contributed by atoms with E-state index in [0.717, 1.165) is 6.08 Å². The van der Waals surface area contributed by atoms with E-state index in [1.54, 1.807) is 20.2 Å². The molecule has 0 aliphatic heterocycles. The number of carboxylic acids is 1. The van der Waals surface area contributed by atoms with E-state index in [4.69, 9.17) is 5.11 Å². The number of carboxylic acid groups (broad SMARTS) is 1. The number of pyridine rings is 1. The van der Waals surface area contributed by atoms with E-state index < -0.39 is 5.97 Å². The topological polar surface area (TPSA) is 82.5 Å². The van der Waals surface area contributed by atoms with Crippen LogP contribution in [-0.4, -0.2) is 41.1 Å². The summed E-state index contributed by atoms with van der Waals surface area (Å²) in [4.78, 5) is 25.7. The summed E-state index contributed by atoms with van der Waals surface area (Å²) in [5.41, 5.74) is 3.44. The Hall–Kier alpha value is -2.21. The molecule has 0 saturated heterocycles. The van der Waals surface area contributed by atoms with Crippen LogP contribution in [0.25, 0.3) is 6.08 Å². The fourth-order valence-corrected chi connectivity index (χ4v) is 1.07. The molecule has 1 rings (SSSR count). The smallest absolute Gasteiger partial charge is 0.328 e. The van der Waals surface area contributed by atoms with Gasteiger partial charge in [-0.05, 0) is 17.7 Å². The van der Waals surface area contributed by atoms with Gasteiger partial charge < -0.3 is 5.11 Å². The zero-order valence-electron chi connectivity index (χ0n) is 9.54. The Balaban J connectivity index is 2.74. The fourth-order valence-electron chi connectivity index (χ4n) is 1.07. The highest BCUT2D eigenvalue weighted by Crippen LogP contribution is 2.02. The van der Waals surface area contributed by atoms with Crippen molar-refractivity contribution in [1.29, 1.82) is 0 Å². The van der Waals surface area contributed by atoms with E-state index in [0.29, 0.717) is 5.56 Å². The highest BCUT2D eigenvalue weighted by Gasteiger charge is 2.06. The van der Waals surface area contributed by atoms with Crippen LogP contribution in [-0.2, 0) is 4.79 Å². The van der Waals surface area contributed by atoms with Gasteiger partial charge in [0.15, 0.2) is 0 Å². The summed E-state index contributed by atoms with van der Waals surface area (Å²) in [6, 6.07) is 3.15. The van der Waals surface area contributed by atoms with Gasteiger partial charge in [0.25, 0.3) is 5.91 Å².